The summed E-state index contributed by atoms with van der Waals surface area (Å²) in [5, 5.41) is 7.94. The molecule has 4 rings (SSSR count). The van der Waals surface area contributed by atoms with Gasteiger partial charge in [0, 0.05) is 10.4 Å². The van der Waals surface area contributed by atoms with Crippen LogP contribution >= 0.6 is 11.3 Å². The van der Waals surface area contributed by atoms with E-state index in [1.165, 1.54) is 29.7 Å². The molecule has 1 aromatic carbocycles. The standard InChI is InChI=1S/C19H18N2O3S/c22-19(16-11-14-9-5-2-6-10-15(14)25-16)23-12-17-20-21-18(24-17)13-7-3-1-4-8-13/h1,3-4,7-8,11H,2,5-6,9-10,12H2. The molecule has 1 aliphatic carbocycles. The Morgan fingerprint density at radius 3 is 2.84 bits per heavy atom. The van der Waals surface area contributed by atoms with Gasteiger partial charge in [0.1, 0.15) is 4.88 Å². The van der Waals surface area contributed by atoms with Crippen molar-refractivity contribution in [3.8, 4) is 11.5 Å². The number of ether oxygens (including phenoxy) is 1. The van der Waals surface area contributed by atoms with E-state index >= 15 is 0 Å². The second kappa shape index (κ2) is 7.19. The van der Waals surface area contributed by atoms with Crippen molar-refractivity contribution >= 4 is 17.3 Å². The fraction of sp³-hybridized carbons (Fsp3) is 0.316. The Balaban J connectivity index is 1.40. The SMILES string of the molecule is O=C(OCc1nnc(-c2ccccc2)o1)c1cc2c(s1)CCCCC2. The molecular weight excluding hydrogens is 336 g/mol. The van der Waals surface area contributed by atoms with E-state index in [4.69, 9.17) is 9.15 Å². The maximum Gasteiger partial charge on any atom is 0.348 e. The van der Waals surface area contributed by atoms with Crippen LogP contribution in [0.5, 0.6) is 0 Å². The van der Waals surface area contributed by atoms with Crippen LogP contribution in [0, 0.1) is 0 Å². The molecule has 0 radical (unpaired) electrons. The highest BCUT2D eigenvalue weighted by molar-refractivity contribution is 7.14. The number of carbonyl (C=O) groups excluding carboxylic acids is 1. The zero-order valence-electron chi connectivity index (χ0n) is 13.7. The molecule has 0 saturated heterocycles. The van der Waals surface area contributed by atoms with E-state index in [1.807, 2.05) is 36.4 Å². The smallest absolute Gasteiger partial charge is 0.348 e. The fourth-order valence-electron chi connectivity index (χ4n) is 2.98. The van der Waals surface area contributed by atoms with E-state index < -0.39 is 0 Å². The number of hydrogen-bond donors (Lipinski definition) is 0. The molecule has 6 heteroatoms. The fourth-order valence-corrected chi connectivity index (χ4v) is 4.12. The normalized spacial score (nSPS) is 13.9. The Labute approximate surface area is 149 Å². The summed E-state index contributed by atoms with van der Waals surface area (Å²) in [6.45, 7) is -0.0127. The van der Waals surface area contributed by atoms with Crippen molar-refractivity contribution in [1.82, 2.24) is 10.2 Å². The number of aryl methyl sites for hydroxylation is 2. The Morgan fingerprint density at radius 1 is 1.12 bits per heavy atom. The molecular formula is C19H18N2O3S. The van der Waals surface area contributed by atoms with Crippen molar-refractivity contribution in [2.75, 3.05) is 0 Å². The average molecular weight is 354 g/mol. The van der Waals surface area contributed by atoms with Crippen LogP contribution in [0.15, 0.2) is 40.8 Å². The molecule has 25 heavy (non-hydrogen) atoms. The number of benzene rings is 1. The van der Waals surface area contributed by atoms with E-state index in [9.17, 15) is 4.79 Å². The first-order chi connectivity index (χ1) is 12.3. The van der Waals surface area contributed by atoms with Gasteiger partial charge in [-0.2, -0.15) is 0 Å². The Bertz CT molecular complexity index is 846. The molecule has 0 amide bonds. The van der Waals surface area contributed by atoms with Crippen molar-refractivity contribution in [2.24, 2.45) is 0 Å². The Hall–Kier alpha value is -2.47. The molecule has 0 atom stereocenters. The Kier molecular flexibility index (Phi) is 4.61. The number of fused-ring (bicyclic) bond motifs is 1. The molecule has 128 valence electrons. The summed E-state index contributed by atoms with van der Waals surface area (Å²) in [4.78, 5) is 14.3. The predicted molar refractivity (Wildman–Crippen MR) is 94.4 cm³/mol. The van der Waals surface area contributed by atoms with E-state index in [1.54, 1.807) is 11.3 Å². The van der Waals surface area contributed by atoms with Gasteiger partial charge in [0.05, 0.1) is 0 Å². The van der Waals surface area contributed by atoms with Gasteiger partial charge in [0.25, 0.3) is 5.89 Å². The maximum atomic E-state index is 12.3. The van der Waals surface area contributed by atoms with E-state index in [2.05, 4.69) is 10.2 Å². The van der Waals surface area contributed by atoms with Gasteiger partial charge in [-0.15, -0.1) is 21.5 Å². The number of aromatic nitrogens is 2. The van der Waals surface area contributed by atoms with Gasteiger partial charge < -0.3 is 9.15 Å². The summed E-state index contributed by atoms with van der Waals surface area (Å²) in [5.41, 5.74) is 2.15. The van der Waals surface area contributed by atoms with Crippen LogP contribution in [0.2, 0.25) is 0 Å². The molecule has 1 aliphatic rings. The molecule has 0 fully saturated rings. The van der Waals surface area contributed by atoms with E-state index in [0.717, 1.165) is 18.4 Å². The van der Waals surface area contributed by atoms with Crippen LogP contribution in [-0.2, 0) is 24.2 Å². The number of thiophene rings is 1. The number of esters is 1. The van der Waals surface area contributed by atoms with Crippen molar-refractivity contribution in [2.45, 2.75) is 38.7 Å². The third-order valence-corrected chi connectivity index (χ3v) is 5.48. The van der Waals surface area contributed by atoms with Crippen LogP contribution in [0.1, 0.15) is 45.3 Å². The molecule has 0 unspecified atom stereocenters. The zero-order valence-corrected chi connectivity index (χ0v) is 14.6. The lowest BCUT2D eigenvalue weighted by atomic mass is 10.1. The predicted octanol–water partition coefficient (Wildman–Crippen LogP) is 4.42. The molecule has 0 bridgehead atoms. The minimum atomic E-state index is -0.322. The van der Waals surface area contributed by atoms with Crippen molar-refractivity contribution in [3.05, 3.63) is 57.6 Å². The molecule has 0 N–H and O–H groups in total. The highest BCUT2D eigenvalue weighted by Gasteiger charge is 2.18. The minimum absolute atomic E-state index is 0.0127. The second-order valence-corrected chi connectivity index (χ2v) is 7.20. The largest absolute Gasteiger partial charge is 0.451 e. The first-order valence-electron chi connectivity index (χ1n) is 8.46. The molecule has 0 saturated carbocycles. The second-order valence-electron chi connectivity index (χ2n) is 6.06. The molecule has 0 aliphatic heterocycles. The summed E-state index contributed by atoms with van der Waals surface area (Å²) < 4.78 is 10.9. The summed E-state index contributed by atoms with van der Waals surface area (Å²) in [6, 6.07) is 11.5. The van der Waals surface area contributed by atoms with Gasteiger partial charge in [-0.25, -0.2) is 4.79 Å². The third kappa shape index (κ3) is 3.64. The maximum absolute atomic E-state index is 12.3. The lowest BCUT2D eigenvalue weighted by Gasteiger charge is -1.99. The average Bonchev–Trinajstić information content (AvgIpc) is 3.23. The van der Waals surface area contributed by atoms with Crippen molar-refractivity contribution in [3.63, 3.8) is 0 Å². The third-order valence-electron chi connectivity index (χ3n) is 4.26. The summed E-state index contributed by atoms with van der Waals surface area (Å²) in [6.07, 6.45) is 5.79. The van der Waals surface area contributed by atoms with Crippen molar-refractivity contribution in [1.29, 1.82) is 0 Å². The minimum Gasteiger partial charge on any atom is -0.451 e. The highest BCUT2D eigenvalue weighted by atomic mass is 32.1. The monoisotopic (exact) mass is 354 g/mol. The number of rotatable bonds is 4. The van der Waals surface area contributed by atoms with Crippen LogP contribution in [-0.4, -0.2) is 16.2 Å². The molecule has 0 spiro atoms. The van der Waals surface area contributed by atoms with Crippen LogP contribution in [0.3, 0.4) is 0 Å². The van der Waals surface area contributed by atoms with E-state index in [0.29, 0.717) is 16.7 Å². The van der Waals surface area contributed by atoms with Gasteiger partial charge in [-0.3, -0.25) is 0 Å². The number of carbonyl (C=O) groups is 1. The van der Waals surface area contributed by atoms with Crippen LogP contribution in [0.25, 0.3) is 11.5 Å². The van der Waals surface area contributed by atoms with Gasteiger partial charge in [-0.05, 0) is 49.4 Å². The highest BCUT2D eigenvalue weighted by Crippen LogP contribution is 2.29. The zero-order chi connectivity index (χ0) is 17.1. The van der Waals surface area contributed by atoms with Gasteiger partial charge in [0.2, 0.25) is 5.89 Å². The van der Waals surface area contributed by atoms with Gasteiger partial charge in [-0.1, -0.05) is 24.6 Å². The first kappa shape index (κ1) is 16.0. The van der Waals surface area contributed by atoms with E-state index in [-0.39, 0.29) is 12.6 Å². The number of hydrogen-bond acceptors (Lipinski definition) is 6. The van der Waals surface area contributed by atoms with Crippen LogP contribution < -0.4 is 0 Å². The summed E-state index contributed by atoms with van der Waals surface area (Å²) >= 11 is 1.55. The molecule has 2 heterocycles. The Morgan fingerprint density at radius 2 is 1.96 bits per heavy atom. The molecule has 3 aromatic rings. The lowest BCUT2D eigenvalue weighted by Crippen LogP contribution is -2.03. The van der Waals surface area contributed by atoms with Gasteiger partial charge in [0.15, 0.2) is 6.61 Å². The quantitative estimate of drug-likeness (QED) is 0.512. The molecule has 2 aromatic heterocycles. The van der Waals surface area contributed by atoms with Crippen molar-refractivity contribution < 1.29 is 13.9 Å². The lowest BCUT2D eigenvalue weighted by molar-refractivity contribution is 0.0444. The summed E-state index contributed by atoms with van der Waals surface area (Å²) in [5.74, 6) is 0.400. The molecule has 5 nitrogen and oxygen atoms in total. The van der Waals surface area contributed by atoms with Crippen LogP contribution in [0.4, 0.5) is 0 Å². The topological polar surface area (TPSA) is 65.2 Å². The number of nitrogens with zero attached hydrogens (tertiary/aromatic N) is 2. The first-order valence-corrected chi connectivity index (χ1v) is 9.28. The van der Waals surface area contributed by atoms with Gasteiger partial charge >= 0.3 is 5.97 Å². The summed E-state index contributed by atoms with van der Waals surface area (Å²) in [7, 11) is 0.